The van der Waals surface area contributed by atoms with Crippen molar-refractivity contribution in [3.8, 4) is 0 Å². The molecule has 3 N–H and O–H groups in total. The summed E-state index contributed by atoms with van der Waals surface area (Å²) in [5, 5.41) is 3.40. The van der Waals surface area contributed by atoms with Crippen LogP contribution < -0.4 is 11.1 Å². The Morgan fingerprint density at radius 1 is 1.53 bits per heavy atom. The van der Waals surface area contributed by atoms with Crippen LogP contribution in [0.3, 0.4) is 0 Å². The fraction of sp³-hybridized carbons (Fsp3) is 0.455. The zero-order valence-electron chi connectivity index (χ0n) is 9.41. The lowest BCUT2D eigenvalue weighted by molar-refractivity contribution is 0.679. The summed E-state index contributed by atoms with van der Waals surface area (Å²) in [6.45, 7) is 4.65. The topological polar surface area (TPSA) is 55.1 Å². The average Bonchev–Trinajstić information content (AvgIpc) is 2.19. The van der Waals surface area contributed by atoms with Crippen LogP contribution in [-0.2, 0) is 10.8 Å². The van der Waals surface area contributed by atoms with Crippen molar-refractivity contribution in [1.82, 2.24) is 0 Å². The molecule has 0 saturated heterocycles. The standard InChI is InChI=1S/C11H18N2OS/c1-8-6-10(4-5-11(8)12)13-7-9(2)15(3)14/h4-6,9,13H,7,12H2,1-3H3. The fourth-order valence-electron chi connectivity index (χ4n) is 1.16. The second-order valence-electron chi connectivity index (χ2n) is 3.76. The maximum absolute atomic E-state index is 11.1. The summed E-state index contributed by atoms with van der Waals surface area (Å²) in [6.07, 6.45) is 1.72. The number of rotatable bonds is 4. The Kier molecular flexibility index (Phi) is 4.15. The quantitative estimate of drug-likeness (QED) is 0.769. The molecular weight excluding hydrogens is 208 g/mol. The highest BCUT2D eigenvalue weighted by atomic mass is 32.2. The summed E-state index contributed by atoms with van der Waals surface area (Å²) in [5.74, 6) is 0. The van der Waals surface area contributed by atoms with Crippen LogP contribution >= 0.6 is 0 Å². The molecule has 0 aliphatic heterocycles. The molecule has 0 aliphatic rings. The molecule has 0 amide bonds. The number of aryl methyl sites for hydroxylation is 1. The van der Waals surface area contributed by atoms with Crippen molar-refractivity contribution in [1.29, 1.82) is 0 Å². The Morgan fingerprint density at radius 2 is 2.20 bits per heavy atom. The van der Waals surface area contributed by atoms with E-state index in [9.17, 15) is 4.21 Å². The first-order chi connectivity index (χ1) is 7.00. The van der Waals surface area contributed by atoms with E-state index in [4.69, 9.17) is 5.73 Å². The second-order valence-corrected chi connectivity index (χ2v) is 5.56. The monoisotopic (exact) mass is 226 g/mol. The van der Waals surface area contributed by atoms with Gasteiger partial charge < -0.3 is 11.1 Å². The van der Waals surface area contributed by atoms with Crippen molar-refractivity contribution in [2.24, 2.45) is 0 Å². The Bertz CT molecular complexity index is 366. The third kappa shape index (κ3) is 3.55. The highest BCUT2D eigenvalue weighted by Gasteiger charge is 2.05. The van der Waals surface area contributed by atoms with Gasteiger partial charge in [0.05, 0.1) is 0 Å². The number of benzene rings is 1. The molecule has 0 bridgehead atoms. The number of nitrogen functional groups attached to an aromatic ring is 1. The molecule has 84 valence electrons. The summed E-state index contributed by atoms with van der Waals surface area (Å²) in [4.78, 5) is 0. The minimum absolute atomic E-state index is 0.155. The summed E-state index contributed by atoms with van der Waals surface area (Å²) in [7, 11) is -0.781. The van der Waals surface area contributed by atoms with Gasteiger partial charge in [0.25, 0.3) is 0 Å². The normalized spacial score (nSPS) is 14.6. The number of anilines is 2. The first-order valence-corrected chi connectivity index (χ1v) is 6.55. The lowest BCUT2D eigenvalue weighted by atomic mass is 10.2. The van der Waals surface area contributed by atoms with Gasteiger partial charge in [-0.15, -0.1) is 0 Å². The van der Waals surface area contributed by atoms with Crippen LogP contribution in [0.1, 0.15) is 12.5 Å². The molecule has 15 heavy (non-hydrogen) atoms. The average molecular weight is 226 g/mol. The van der Waals surface area contributed by atoms with E-state index in [0.717, 1.165) is 16.9 Å². The molecule has 1 aromatic carbocycles. The van der Waals surface area contributed by atoms with Gasteiger partial charge in [-0.05, 0) is 37.6 Å². The van der Waals surface area contributed by atoms with Crippen LogP contribution in [0.25, 0.3) is 0 Å². The SMILES string of the molecule is Cc1cc(NCC(C)S(C)=O)ccc1N. The van der Waals surface area contributed by atoms with Crippen molar-refractivity contribution in [2.45, 2.75) is 19.1 Å². The number of hydrogen-bond donors (Lipinski definition) is 2. The van der Waals surface area contributed by atoms with Gasteiger partial charge in [0.1, 0.15) is 0 Å². The predicted octanol–water partition coefficient (Wildman–Crippen LogP) is 1.76. The van der Waals surface area contributed by atoms with E-state index in [-0.39, 0.29) is 5.25 Å². The Hall–Kier alpha value is -1.03. The van der Waals surface area contributed by atoms with Crippen molar-refractivity contribution in [2.75, 3.05) is 23.9 Å². The Morgan fingerprint density at radius 3 is 2.73 bits per heavy atom. The van der Waals surface area contributed by atoms with Gasteiger partial charge in [0.15, 0.2) is 0 Å². The van der Waals surface area contributed by atoms with E-state index in [1.807, 2.05) is 32.0 Å². The van der Waals surface area contributed by atoms with Crippen LogP contribution in [0, 0.1) is 6.92 Å². The molecule has 0 radical (unpaired) electrons. The molecule has 4 heteroatoms. The molecule has 2 unspecified atom stereocenters. The van der Waals surface area contributed by atoms with Gasteiger partial charge in [-0.2, -0.15) is 0 Å². The smallest absolute Gasteiger partial charge is 0.0489 e. The second kappa shape index (κ2) is 5.16. The van der Waals surface area contributed by atoms with E-state index >= 15 is 0 Å². The summed E-state index contributed by atoms with van der Waals surface area (Å²) in [5.41, 5.74) is 8.60. The van der Waals surface area contributed by atoms with E-state index < -0.39 is 10.8 Å². The Labute approximate surface area is 93.5 Å². The van der Waals surface area contributed by atoms with Crippen molar-refractivity contribution >= 4 is 22.2 Å². The van der Waals surface area contributed by atoms with Gasteiger partial charge >= 0.3 is 0 Å². The molecule has 0 aromatic heterocycles. The van der Waals surface area contributed by atoms with Crippen LogP contribution in [-0.4, -0.2) is 22.3 Å². The van der Waals surface area contributed by atoms with Gasteiger partial charge in [-0.1, -0.05) is 0 Å². The Balaban J connectivity index is 2.58. The minimum atomic E-state index is -0.781. The number of nitrogens with one attached hydrogen (secondary N) is 1. The lowest BCUT2D eigenvalue weighted by Gasteiger charge is -2.12. The van der Waals surface area contributed by atoms with Crippen LogP contribution in [0.15, 0.2) is 18.2 Å². The molecule has 0 aliphatic carbocycles. The molecule has 0 saturated carbocycles. The third-order valence-corrected chi connectivity index (χ3v) is 3.73. The molecule has 3 nitrogen and oxygen atoms in total. The summed E-state index contributed by atoms with van der Waals surface area (Å²) >= 11 is 0. The largest absolute Gasteiger partial charge is 0.399 e. The minimum Gasteiger partial charge on any atom is -0.399 e. The maximum atomic E-state index is 11.1. The molecule has 0 fully saturated rings. The molecule has 2 atom stereocenters. The van der Waals surface area contributed by atoms with Crippen molar-refractivity contribution in [3.05, 3.63) is 23.8 Å². The van der Waals surface area contributed by atoms with Crippen LogP contribution in [0.5, 0.6) is 0 Å². The molecular formula is C11H18N2OS. The highest BCUT2D eigenvalue weighted by Crippen LogP contribution is 2.16. The van der Waals surface area contributed by atoms with Gasteiger partial charge in [-0.25, -0.2) is 0 Å². The summed E-state index contributed by atoms with van der Waals surface area (Å²) < 4.78 is 11.1. The maximum Gasteiger partial charge on any atom is 0.0489 e. The van der Waals surface area contributed by atoms with E-state index in [0.29, 0.717) is 6.54 Å². The van der Waals surface area contributed by atoms with E-state index in [1.165, 1.54) is 0 Å². The fourth-order valence-corrected chi connectivity index (χ4v) is 1.48. The molecule has 0 heterocycles. The zero-order chi connectivity index (χ0) is 11.4. The van der Waals surface area contributed by atoms with Crippen molar-refractivity contribution in [3.63, 3.8) is 0 Å². The van der Waals surface area contributed by atoms with Gasteiger partial charge in [-0.3, -0.25) is 4.21 Å². The zero-order valence-corrected chi connectivity index (χ0v) is 10.2. The first kappa shape index (κ1) is 12.0. The summed E-state index contributed by atoms with van der Waals surface area (Å²) in [6, 6.07) is 5.82. The highest BCUT2D eigenvalue weighted by molar-refractivity contribution is 7.84. The van der Waals surface area contributed by atoms with E-state index in [2.05, 4.69) is 5.32 Å². The molecule has 1 rings (SSSR count). The predicted molar refractivity (Wildman–Crippen MR) is 67.6 cm³/mol. The third-order valence-electron chi connectivity index (χ3n) is 2.43. The molecule has 0 spiro atoms. The molecule has 1 aromatic rings. The first-order valence-electron chi connectivity index (χ1n) is 4.93. The van der Waals surface area contributed by atoms with Crippen LogP contribution in [0.2, 0.25) is 0 Å². The van der Waals surface area contributed by atoms with Crippen molar-refractivity contribution < 1.29 is 4.21 Å². The van der Waals surface area contributed by atoms with Gasteiger partial charge in [0, 0.05) is 40.2 Å². The van der Waals surface area contributed by atoms with Gasteiger partial charge in [0.2, 0.25) is 0 Å². The number of nitrogens with two attached hydrogens (primary N) is 1. The van der Waals surface area contributed by atoms with E-state index in [1.54, 1.807) is 6.26 Å². The van der Waals surface area contributed by atoms with Crippen LogP contribution in [0.4, 0.5) is 11.4 Å². The number of hydrogen-bond acceptors (Lipinski definition) is 3. The lowest BCUT2D eigenvalue weighted by Crippen LogP contribution is -2.20.